The molecule has 0 spiro atoms. The summed E-state index contributed by atoms with van der Waals surface area (Å²) in [6.07, 6.45) is 3.89. The van der Waals surface area contributed by atoms with Crippen LogP contribution in [-0.2, 0) is 0 Å². The van der Waals surface area contributed by atoms with Crippen LogP contribution in [0.15, 0.2) is 30.6 Å². The molecule has 3 atom stereocenters. The standard InChI is InChI=1S/C26H30ClFN4O2/c1-4-32-11-17-7-16(8-18(17)12-32)13-34-23-10-21-19(9-22(23)33-3)26(30-14-29-21)31-20-6-5-15(2)24(27)25(20)28/h5-6,9-10,14,16-18H,4,7-8,11-13H2,1-3H3,(H,29,30,31)/t16?,17-,18+. The summed E-state index contributed by atoms with van der Waals surface area (Å²) in [4.78, 5) is 11.3. The fourth-order valence-electron chi connectivity index (χ4n) is 5.43. The van der Waals surface area contributed by atoms with E-state index in [1.54, 1.807) is 26.2 Å². The van der Waals surface area contributed by atoms with Crippen molar-refractivity contribution < 1.29 is 13.9 Å². The highest BCUT2D eigenvalue weighted by atomic mass is 35.5. The van der Waals surface area contributed by atoms with E-state index < -0.39 is 5.82 Å². The van der Waals surface area contributed by atoms with Gasteiger partial charge in [0, 0.05) is 24.5 Å². The molecule has 2 heterocycles. The van der Waals surface area contributed by atoms with Crippen LogP contribution in [0, 0.1) is 30.5 Å². The Labute approximate surface area is 204 Å². The monoisotopic (exact) mass is 484 g/mol. The minimum atomic E-state index is -0.510. The second-order valence-electron chi connectivity index (χ2n) is 9.45. The number of aryl methyl sites for hydroxylation is 1. The van der Waals surface area contributed by atoms with Crippen molar-refractivity contribution >= 4 is 34.0 Å². The summed E-state index contributed by atoms with van der Waals surface area (Å²) in [6.45, 7) is 8.26. The van der Waals surface area contributed by atoms with Crippen LogP contribution in [0.1, 0.15) is 25.3 Å². The van der Waals surface area contributed by atoms with E-state index in [0.717, 1.165) is 18.4 Å². The average molecular weight is 485 g/mol. The number of nitrogens with zero attached hydrogens (tertiary/aromatic N) is 3. The van der Waals surface area contributed by atoms with Crippen LogP contribution >= 0.6 is 11.6 Å². The first-order valence-electron chi connectivity index (χ1n) is 11.9. The quantitative estimate of drug-likeness (QED) is 0.454. The van der Waals surface area contributed by atoms with Gasteiger partial charge in [-0.1, -0.05) is 24.6 Å². The lowest BCUT2D eigenvalue weighted by atomic mass is 10.0. The predicted octanol–water partition coefficient (Wildman–Crippen LogP) is 5.84. The molecule has 5 rings (SSSR count). The number of fused-ring (bicyclic) bond motifs is 2. The molecule has 1 aromatic heterocycles. The van der Waals surface area contributed by atoms with E-state index in [9.17, 15) is 4.39 Å². The van der Waals surface area contributed by atoms with Crippen molar-refractivity contribution in [2.45, 2.75) is 26.7 Å². The first kappa shape index (κ1) is 23.1. The van der Waals surface area contributed by atoms with Gasteiger partial charge in [0.05, 0.1) is 29.9 Å². The Hall–Kier alpha value is -2.64. The van der Waals surface area contributed by atoms with Crippen molar-refractivity contribution in [2.24, 2.45) is 17.8 Å². The number of hydrogen-bond acceptors (Lipinski definition) is 6. The highest BCUT2D eigenvalue weighted by Gasteiger charge is 2.40. The molecule has 1 N–H and O–H groups in total. The molecule has 2 fully saturated rings. The van der Waals surface area contributed by atoms with Gasteiger partial charge >= 0.3 is 0 Å². The number of likely N-dealkylation sites (tertiary alicyclic amines) is 1. The van der Waals surface area contributed by atoms with Gasteiger partial charge in [0.15, 0.2) is 17.3 Å². The first-order chi connectivity index (χ1) is 16.5. The highest BCUT2D eigenvalue weighted by Crippen LogP contribution is 2.42. The molecule has 180 valence electrons. The second kappa shape index (κ2) is 9.55. The summed E-state index contributed by atoms with van der Waals surface area (Å²) in [7, 11) is 1.61. The summed E-state index contributed by atoms with van der Waals surface area (Å²) in [5, 5.41) is 3.85. The van der Waals surface area contributed by atoms with Gasteiger partial charge in [-0.15, -0.1) is 0 Å². The van der Waals surface area contributed by atoms with E-state index in [4.69, 9.17) is 21.1 Å². The van der Waals surface area contributed by atoms with E-state index in [1.807, 2.05) is 12.1 Å². The zero-order chi connectivity index (χ0) is 23.8. The molecule has 2 aliphatic rings. The zero-order valence-electron chi connectivity index (χ0n) is 19.8. The maximum atomic E-state index is 14.6. The Morgan fingerprint density at radius 3 is 2.62 bits per heavy atom. The van der Waals surface area contributed by atoms with Crippen LogP contribution in [0.4, 0.5) is 15.9 Å². The molecule has 2 aromatic carbocycles. The molecule has 0 amide bonds. The third kappa shape index (κ3) is 4.39. The zero-order valence-corrected chi connectivity index (χ0v) is 20.5. The molecule has 1 aliphatic carbocycles. The Bertz CT molecular complexity index is 1190. The lowest BCUT2D eigenvalue weighted by Crippen LogP contribution is -2.22. The van der Waals surface area contributed by atoms with Crippen LogP contribution in [0.3, 0.4) is 0 Å². The fourth-order valence-corrected chi connectivity index (χ4v) is 5.60. The highest BCUT2D eigenvalue weighted by molar-refractivity contribution is 6.31. The number of hydrogen-bond donors (Lipinski definition) is 1. The summed E-state index contributed by atoms with van der Waals surface area (Å²) in [5.74, 6) is 3.38. The summed E-state index contributed by atoms with van der Waals surface area (Å²) in [5.41, 5.74) is 1.62. The Morgan fingerprint density at radius 1 is 1.15 bits per heavy atom. The topological polar surface area (TPSA) is 59.5 Å². The van der Waals surface area contributed by atoms with Gasteiger partial charge in [0.2, 0.25) is 0 Å². The maximum absolute atomic E-state index is 14.6. The lowest BCUT2D eigenvalue weighted by molar-refractivity contribution is 0.223. The van der Waals surface area contributed by atoms with Crippen LogP contribution in [0.2, 0.25) is 5.02 Å². The fraction of sp³-hybridized carbons (Fsp3) is 0.462. The molecular formula is C26H30ClFN4O2. The van der Waals surface area contributed by atoms with Gasteiger partial charge in [-0.05, 0) is 61.8 Å². The molecule has 34 heavy (non-hydrogen) atoms. The molecular weight excluding hydrogens is 455 g/mol. The number of ether oxygens (including phenoxy) is 2. The van der Waals surface area contributed by atoms with Gasteiger partial charge in [0.1, 0.15) is 12.1 Å². The number of benzene rings is 2. The van der Waals surface area contributed by atoms with Gasteiger partial charge in [-0.2, -0.15) is 0 Å². The Morgan fingerprint density at radius 2 is 1.91 bits per heavy atom. The molecule has 6 nitrogen and oxygen atoms in total. The number of aromatic nitrogens is 2. The molecule has 0 bridgehead atoms. The molecule has 1 saturated carbocycles. The van der Waals surface area contributed by atoms with Crippen molar-refractivity contribution in [1.82, 2.24) is 14.9 Å². The second-order valence-corrected chi connectivity index (χ2v) is 9.82. The SMILES string of the molecule is CCN1C[C@H]2CC(COc3cc4ncnc(Nc5ccc(C)c(Cl)c5F)c4cc3OC)C[C@H]2C1. The molecule has 0 radical (unpaired) electrons. The Kier molecular flexibility index (Phi) is 6.49. The predicted molar refractivity (Wildman–Crippen MR) is 133 cm³/mol. The third-order valence-corrected chi connectivity index (χ3v) is 7.76. The van der Waals surface area contributed by atoms with Crippen molar-refractivity contribution in [3.05, 3.63) is 47.0 Å². The third-order valence-electron chi connectivity index (χ3n) is 7.30. The van der Waals surface area contributed by atoms with Gasteiger partial charge in [-0.25, -0.2) is 14.4 Å². The lowest BCUT2D eigenvalue weighted by Gasteiger charge is -2.18. The minimum absolute atomic E-state index is 0.0927. The minimum Gasteiger partial charge on any atom is -0.493 e. The number of methoxy groups -OCH3 is 1. The van der Waals surface area contributed by atoms with Gasteiger partial charge < -0.3 is 19.7 Å². The number of halogens is 2. The van der Waals surface area contributed by atoms with Crippen molar-refractivity contribution in [3.63, 3.8) is 0 Å². The van der Waals surface area contributed by atoms with E-state index in [1.165, 1.54) is 32.3 Å². The number of nitrogens with one attached hydrogen (secondary N) is 1. The van der Waals surface area contributed by atoms with Crippen molar-refractivity contribution in [2.75, 3.05) is 38.7 Å². The molecule has 1 aliphatic heterocycles. The number of rotatable bonds is 7. The van der Waals surface area contributed by atoms with Crippen LogP contribution in [-0.4, -0.2) is 48.2 Å². The summed E-state index contributed by atoms with van der Waals surface area (Å²) < 4.78 is 26.5. The van der Waals surface area contributed by atoms with Gasteiger partial charge in [-0.3, -0.25) is 0 Å². The van der Waals surface area contributed by atoms with Crippen LogP contribution in [0.5, 0.6) is 11.5 Å². The molecule has 1 saturated heterocycles. The van der Waals surface area contributed by atoms with E-state index in [-0.39, 0.29) is 10.7 Å². The Balaban J connectivity index is 1.34. The van der Waals surface area contributed by atoms with Crippen molar-refractivity contribution in [3.8, 4) is 11.5 Å². The molecule has 3 aromatic rings. The summed E-state index contributed by atoms with van der Waals surface area (Å²) in [6, 6.07) is 7.12. The average Bonchev–Trinajstić information content (AvgIpc) is 3.41. The molecule has 8 heteroatoms. The molecule has 1 unspecified atom stereocenters. The van der Waals surface area contributed by atoms with Crippen LogP contribution < -0.4 is 14.8 Å². The maximum Gasteiger partial charge on any atom is 0.165 e. The number of anilines is 2. The first-order valence-corrected chi connectivity index (χ1v) is 12.2. The summed E-state index contributed by atoms with van der Waals surface area (Å²) >= 11 is 6.08. The van der Waals surface area contributed by atoms with Gasteiger partial charge in [0.25, 0.3) is 0 Å². The largest absolute Gasteiger partial charge is 0.493 e. The van der Waals surface area contributed by atoms with Crippen molar-refractivity contribution in [1.29, 1.82) is 0 Å². The normalized spacial score (nSPS) is 22.2. The smallest absolute Gasteiger partial charge is 0.165 e. The van der Waals surface area contributed by atoms with E-state index in [2.05, 4.69) is 27.1 Å². The van der Waals surface area contributed by atoms with E-state index >= 15 is 0 Å². The van der Waals surface area contributed by atoms with E-state index in [0.29, 0.717) is 46.3 Å². The van der Waals surface area contributed by atoms with Crippen LogP contribution in [0.25, 0.3) is 10.9 Å².